The van der Waals surface area contributed by atoms with Crippen molar-refractivity contribution in [1.82, 2.24) is 20.7 Å². The van der Waals surface area contributed by atoms with Crippen molar-refractivity contribution in [3.63, 3.8) is 0 Å². The summed E-state index contributed by atoms with van der Waals surface area (Å²) >= 11 is 0. The third kappa shape index (κ3) is 5.74. The van der Waals surface area contributed by atoms with Gasteiger partial charge in [-0.1, -0.05) is 0 Å². The van der Waals surface area contributed by atoms with E-state index in [0.717, 1.165) is 5.69 Å². The van der Waals surface area contributed by atoms with Gasteiger partial charge in [0.1, 0.15) is 5.82 Å². The van der Waals surface area contributed by atoms with Crippen molar-refractivity contribution in [3.05, 3.63) is 60.2 Å². The van der Waals surface area contributed by atoms with E-state index in [0.29, 0.717) is 31.7 Å². The van der Waals surface area contributed by atoms with Gasteiger partial charge in [0, 0.05) is 62.7 Å². The number of benzene rings is 1. The molecule has 2 heterocycles. The number of hydrazine groups is 1. The zero-order chi connectivity index (χ0) is 20.6. The number of hydrogen-bond acceptors (Lipinski definition) is 5. The quantitative estimate of drug-likeness (QED) is 0.735. The Kier molecular flexibility index (Phi) is 6.72. The highest BCUT2D eigenvalue weighted by Crippen LogP contribution is 2.17. The summed E-state index contributed by atoms with van der Waals surface area (Å²) in [6.45, 7) is 2.37. The molecule has 0 unspecified atom stereocenters. The van der Waals surface area contributed by atoms with Gasteiger partial charge in [0.25, 0.3) is 5.91 Å². The van der Waals surface area contributed by atoms with E-state index >= 15 is 0 Å². The molecule has 29 heavy (non-hydrogen) atoms. The normalized spacial score (nSPS) is 13.7. The summed E-state index contributed by atoms with van der Waals surface area (Å²) in [7, 11) is 0. The van der Waals surface area contributed by atoms with Crippen LogP contribution in [0.25, 0.3) is 0 Å². The van der Waals surface area contributed by atoms with Gasteiger partial charge in [0.2, 0.25) is 11.8 Å². The zero-order valence-corrected chi connectivity index (χ0v) is 15.8. The highest BCUT2D eigenvalue weighted by molar-refractivity contribution is 5.95. The van der Waals surface area contributed by atoms with Crippen LogP contribution in [0.4, 0.5) is 10.1 Å². The smallest absolute Gasteiger partial charge is 0.269 e. The molecule has 1 aromatic carbocycles. The largest absolute Gasteiger partial charge is 0.368 e. The minimum Gasteiger partial charge on any atom is -0.368 e. The number of piperazine rings is 1. The number of pyridine rings is 1. The van der Waals surface area contributed by atoms with E-state index in [1.54, 1.807) is 17.0 Å². The second kappa shape index (κ2) is 9.63. The van der Waals surface area contributed by atoms with Crippen LogP contribution in [0, 0.1) is 5.82 Å². The average Bonchev–Trinajstić information content (AvgIpc) is 2.77. The van der Waals surface area contributed by atoms with Crippen LogP contribution in [-0.2, 0) is 9.59 Å². The number of nitrogens with one attached hydrogen (secondary N) is 2. The first kappa shape index (κ1) is 20.2. The topological polar surface area (TPSA) is 94.6 Å². The number of nitrogens with zero attached hydrogens (tertiary/aromatic N) is 3. The first-order valence-corrected chi connectivity index (χ1v) is 9.30. The lowest BCUT2D eigenvalue weighted by molar-refractivity contribution is -0.134. The van der Waals surface area contributed by atoms with Crippen molar-refractivity contribution in [2.75, 3.05) is 31.1 Å². The molecule has 1 aliphatic rings. The van der Waals surface area contributed by atoms with Gasteiger partial charge in [-0.3, -0.25) is 30.2 Å². The van der Waals surface area contributed by atoms with Crippen LogP contribution < -0.4 is 15.8 Å². The Hall–Kier alpha value is -3.49. The number of rotatable bonds is 5. The maximum atomic E-state index is 13.0. The highest BCUT2D eigenvalue weighted by Gasteiger charge is 2.21. The van der Waals surface area contributed by atoms with Crippen molar-refractivity contribution in [1.29, 1.82) is 0 Å². The molecule has 1 saturated heterocycles. The lowest BCUT2D eigenvalue weighted by Gasteiger charge is -2.36. The molecule has 2 N–H and O–H groups in total. The molecular formula is C20H22FN5O3. The Morgan fingerprint density at radius 2 is 1.55 bits per heavy atom. The summed E-state index contributed by atoms with van der Waals surface area (Å²) in [5.74, 6) is -1.29. The number of carbonyl (C=O) groups is 3. The molecule has 0 aliphatic carbocycles. The standard InChI is InChI=1S/C20H22FN5O3/c21-16-1-3-17(4-2-16)25-11-13-26(14-12-25)19(28)6-5-18(27)23-24-20(29)15-7-9-22-10-8-15/h1-4,7-10H,5-6,11-14H2,(H,23,27)(H,24,29). The SMILES string of the molecule is O=C(CCC(=O)N1CCN(c2ccc(F)cc2)CC1)NNC(=O)c1ccncc1. The second-order valence-electron chi connectivity index (χ2n) is 6.58. The highest BCUT2D eigenvalue weighted by atomic mass is 19.1. The molecule has 0 saturated carbocycles. The molecule has 0 atom stereocenters. The summed E-state index contributed by atoms with van der Waals surface area (Å²) in [6, 6.07) is 9.32. The van der Waals surface area contributed by atoms with Gasteiger partial charge in [-0.2, -0.15) is 0 Å². The van der Waals surface area contributed by atoms with Gasteiger partial charge in [0.05, 0.1) is 0 Å². The van der Waals surface area contributed by atoms with E-state index in [9.17, 15) is 18.8 Å². The summed E-state index contributed by atoms with van der Waals surface area (Å²) in [5.41, 5.74) is 5.90. The molecular weight excluding hydrogens is 377 g/mol. The van der Waals surface area contributed by atoms with Crippen molar-refractivity contribution in [2.45, 2.75) is 12.8 Å². The van der Waals surface area contributed by atoms with Crippen LogP contribution in [-0.4, -0.2) is 53.8 Å². The van der Waals surface area contributed by atoms with E-state index in [-0.39, 0.29) is 24.6 Å². The van der Waals surface area contributed by atoms with Crippen LogP contribution in [0.5, 0.6) is 0 Å². The van der Waals surface area contributed by atoms with Crippen LogP contribution in [0.2, 0.25) is 0 Å². The van der Waals surface area contributed by atoms with Crippen LogP contribution >= 0.6 is 0 Å². The van der Waals surface area contributed by atoms with Crippen molar-refractivity contribution >= 4 is 23.4 Å². The van der Waals surface area contributed by atoms with E-state index < -0.39 is 11.8 Å². The molecule has 1 fully saturated rings. The number of hydrogen-bond donors (Lipinski definition) is 2. The van der Waals surface area contributed by atoms with E-state index in [2.05, 4.69) is 20.7 Å². The van der Waals surface area contributed by atoms with Crippen LogP contribution in [0.1, 0.15) is 23.2 Å². The number of amides is 3. The zero-order valence-electron chi connectivity index (χ0n) is 15.8. The van der Waals surface area contributed by atoms with Gasteiger partial charge >= 0.3 is 0 Å². The number of aromatic nitrogens is 1. The Balaban J connectivity index is 1.37. The molecule has 2 aromatic rings. The fourth-order valence-corrected chi connectivity index (χ4v) is 3.01. The van der Waals surface area contributed by atoms with E-state index in [4.69, 9.17) is 0 Å². The Morgan fingerprint density at radius 3 is 2.21 bits per heavy atom. The van der Waals surface area contributed by atoms with Gasteiger partial charge in [0.15, 0.2) is 0 Å². The van der Waals surface area contributed by atoms with Crippen molar-refractivity contribution < 1.29 is 18.8 Å². The van der Waals surface area contributed by atoms with Gasteiger partial charge in [-0.15, -0.1) is 0 Å². The minimum atomic E-state index is -0.455. The van der Waals surface area contributed by atoms with Crippen molar-refractivity contribution in [3.8, 4) is 0 Å². The first-order valence-electron chi connectivity index (χ1n) is 9.30. The number of halogens is 1. The summed E-state index contributed by atoms with van der Waals surface area (Å²) < 4.78 is 13.0. The molecule has 1 aliphatic heterocycles. The fourth-order valence-electron chi connectivity index (χ4n) is 3.01. The predicted molar refractivity (Wildman–Crippen MR) is 104 cm³/mol. The van der Waals surface area contributed by atoms with E-state index in [1.807, 2.05) is 0 Å². The molecule has 9 heteroatoms. The molecule has 0 bridgehead atoms. The maximum Gasteiger partial charge on any atom is 0.269 e. The molecule has 0 radical (unpaired) electrons. The van der Waals surface area contributed by atoms with Gasteiger partial charge < -0.3 is 9.80 Å². The molecule has 3 amide bonds. The molecule has 0 spiro atoms. The van der Waals surface area contributed by atoms with E-state index in [1.165, 1.54) is 36.7 Å². The molecule has 8 nitrogen and oxygen atoms in total. The summed E-state index contributed by atoms with van der Waals surface area (Å²) in [5, 5.41) is 0. The number of anilines is 1. The van der Waals surface area contributed by atoms with Crippen LogP contribution in [0.3, 0.4) is 0 Å². The molecule has 3 rings (SSSR count). The second-order valence-corrected chi connectivity index (χ2v) is 6.58. The maximum absolute atomic E-state index is 13.0. The molecule has 1 aromatic heterocycles. The third-order valence-corrected chi connectivity index (χ3v) is 4.65. The molecule has 152 valence electrons. The average molecular weight is 399 g/mol. The number of carbonyl (C=O) groups excluding carboxylic acids is 3. The Bertz CT molecular complexity index is 852. The third-order valence-electron chi connectivity index (χ3n) is 4.65. The predicted octanol–water partition coefficient (Wildman–Crippen LogP) is 1.11. The first-order chi connectivity index (χ1) is 14.0. The lowest BCUT2D eigenvalue weighted by atomic mass is 10.2. The monoisotopic (exact) mass is 399 g/mol. The van der Waals surface area contributed by atoms with Gasteiger partial charge in [-0.25, -0.2) is 4.39 Å². The fraction of sp³-hybridized carbons (Fsp3) is 0.300. The Labute approximate surface area is 167 Å². The van der Waals surface area contributed by atoms with Crippen LogP contribution in [0.15, 0.2) is 48.8 Å². The van der Waals surface area contributed by atoms with Crippen molar-refractivity contribution in [2.24, 2.45) is 0 Å². The Morgan fingerprint density at radius 1 is 0.897 bits per heavy atom. The van der Waals surface area contributed by atoms with Gasteiger partial charge in [-0.05, 0) is 36.4 Å². The minimum absolute atomic E-state index is 0.0202. The summed E-state index contributed by atoms with van der Waals surface area (Å²) in [4.78, 5) is 43.7. The summed E-state index contributed by atoms with van der Waals surface area (Å²) in [6.07, 6.45) is 3.00. The lowest BCUT2D eigenvalue weighted by Crippen LogP contribution is -2.49.